The van der Waals surface area contributed by atoms with Crippen LogP contribution in [-0.2, 0) is 20.7 Å². The Hall–Kier alpha value is -2.61. The van der Waals surface area contributed by atoms with E-state index in [9.17, 15) is 24.6 Å². The summed E-state index contributed by atoms with van der Waals surface area (Å²) in [7, 11) is 0. The largest absolute Gasteiger partial charge is 0.480 e. The fraction of sp³-hybridized carbons (Fsp3) is 0.571. The van der Waals surface area contributed by atoms with Crippen molar-refractivity contribution in [2.24, 2.45) is 5.92 Å². The number of carbonyl (C=O) groups is 3. The molecular formula is C21H32N2O6. The van der Waals surface area contributed by atoms with E-state index in [2.05, 4.69) is 10.6 Å². The third-order valence-corrected chi connectivity index (χ3v) is 4.11. The van der Waals surface area contributed by atoms with Crippen molar-refractivity contribution in [1.29, 1.82) is 0 Å². The van der Waals surface area contributed by atoms with Gasteiger partial charge in [-0.1, -0.05) is 44.2 Å². The first kappa shape index (κ1) is 24.4. The SMILES string of the molecule is CC(C)[C@H](NC(=O)C[C@H](O)[C@H](Cc1ccccc1)NC(=O)OC(C)(C)C)C(=O)O. The van der Waals surface area contributed by atoms with Crippen molar-refractivity contribution in [2.45, 2.75) is 71.2 Å². The molecule has 0 spiro atoms. The lowest BCUT2D eigenvalue weighted by molar-refractivity contribution is -0.143. The average molecular weight is 408 g/mol. The first-order valence-corrected chi connectivity index (χ1v) is 9.62. The van der Waals surface area contributed by atoms with Gasteiger partial charge in [0.1, 0.15) is 11.6 Å². The molecular weight excluding hydrogens is 376 g/mol. The Bertz CT molecular complexity index is 684. The van der Waals surface area contributed by atoms with Gasteiger partial charge in [0.2, 0.25) is 5.91 Å². The van der Waals surface area contributed by atoms with Gasteiger partial charge in [-0.05, 0) is 38.7 Å². The molecule has 2 amide bonds. The van der Waals surface area contributed by atoms with E-state index in [0.717, 1.165) is 5.56 Å². The summed E-state index contributed by atoms with van der Waals surface area (Å²) < 4.78 is 5.25. The summed E-state index contributed by atoms with van der Waals surface area (Å²) in [6, 6.07) is 7.35. The Morgan fingerprint density at radius 2 is 1.66 bits per heavy atom. The maximum atomic E-state index is 12.3. The second-order valence-electron chi connectivity index (χ2n) is 8.34. The summed E-state index contributed by atoms with van der Waals surface area (Å²) >= 11 is 0. The molecule has 4 N–H and O–H groups in total. The monoisotopic (exact) mass is 408 g/mol. The number of carboxylic acid groups (broad SMARTS) is 1. The van der Waals surface area contributed by atoms with Crippen LogP contribution in [0, 0.1) is 5.92 Å². The van der Waals surface area contributed by atoms with Crippen LogP contribution in [0.1, 0.15) is 46.6 Å². The Morgan fingerprint density at radius 3 is 2.14 bits per heavy atom. The summed E-state index contributed by atoms with van der Waals surface area (Å²) in [6.07, 6.45) is -2.02. The number of amides is 2. The normalized spacial score (nSPS) is 14.6. The highest BCUT2D eigenvalue weighted by Crippen LogP contribution is 2.12. The van der Waals surface area contributed by atoms with Crippen LogP contribution in [-0.4, -0.2) is 52.0 Å². The van der Waals surface area contributed by atoms with E-state index in [0.29, 0.717) is 0 Å². The molecule has 8 heteroatoms. The predicted octanol–water partition coefficient (Wildman–Crippen LogP) is 2.10. The van der Waals surface area contributed by atoms with Gasteiger partial charge in [-0.25, -0.2) is 9.59 Å². The summed E-state index contributed by atoms with van der Waals surface area (Å²) in [5.41, 5.74) is 0.147. The zero-order valence-electron chi connectivity index (χ0n) is 17.6. The molecule has 162 valence electrons. The van der Waals surface area contributed by atoms with Crippen molar-refractivity contribution in [3.8, 4) is 0 Å². The Labute approximate surface area is 171 Å². The molecule has 3 atom stereocenters. The highest BCUT2D eigenvalue weighted by molar-refractivity contribution is 5.84. The average Bonchev–Trinajstić information content (AvgIpc) is 2.57. The fourth-order valence-corrected chi connectivity index (χ4v) is 2.69. The third kappa shape index (κ3) is 9.43. The van der Waals surface area contributed by atoms with Gasteiger partial charge in [0.25, 0.3) is 0 Å². The van der Waals surface area contributed by atoms with Gasteiger partial charge in [0.15, 0.2) is 0 Å². The number of carboxylic acids is 1. The van der Waals surface area contributed by atoms with E-state index >= 15 is 0 Å². The quantitative estimate of drug-likeness (QED) is 0.496. The van der Waals surface area contributed by atoms with Crippen molar-refractivity contribution >= 4 is 18.0 Å². The number of aliphatic hydroxyl groups is 1. The molecule has 0 saturated heterocycles. The number of alkyl carbamates (subject to hydrolysis) is 1. The van der Waals surface area contributed by atoms with Crippen LogP contribution < -0.4 is 10.6 Å². The zero-order valence-corrected chi connectivity index (χ0v) is 17.6. The Balaban J connectivity index is 2.85. The highest BCUT2D eigenvalue weighted by Gasteiger charge is 2.29. The maximum absolute atomic E-state index is 12.3. The Kier molecular flexibility index (Phi) is 9.10. The first-order valence-electron chi connectivity index (χ1n) is 9.62. The van der Waals surface area contributed by atoms with Crippen molar-refractivity contribution in [2.75, 3.05) is 0 Å². The smallest absolute Gasteiger partial charge is 0.407 e. The molecule has 0 bridgehead atoms. The van der Waals surface area contributed by atoms with E-state index < -0.39 is 41.8 Å². The molecule has 1 rings (SSSR count). The van der Waals surface area contributed by atoms with Gasteiger partial charge >= 0.3 is 12.1 Å². The molecule has 0 radical (unpaired) electrons. The van der Waals surface area contributed by atoms with Crippen LogP contribution in [0.2, 0.25) is 0 Å². The standard InChI is InChI=1S/C21H32N2O6/c1-13(2)18(19(26)27)23-17(25)12-16(24)15(11-14-9-7-6-8-10-14)22-20(28)29-21(3,4)5/h6-10,13,15-16,18,24H,11-12H2,1-5H3,(H,22,28)(H,23,25)(H,26,27)/t15-,16-,18-/m0/s1. The van der Waals surface area contributed by atoms with Gasteiger partial charge in [0, 0.05) is 0 Å². The minimum absolute atomic E-state index is 0.279. The molecule has 8 nitrogen and oxygen atoms in total. The number of aliphatic hydroxyl groups excluding tert-OH is 1. The highest BCUT2D eigenvalue weighted by atomic mass is 16.6. The topological polar surface area (TPSA) is 125 Å². The van der Waals surface area contributed by atoms with Crippen LogP contribution in [0.15, 0.2) is 30.3 Å². The molecule has 0 saturated carbocycles. The van der Waals surface area contributed by atoms with E-state index in [4.69, 9.17) is 4.74 Å². The second-order valence-corrected chi connectivity index (χ2v) is 8.34. The van der Waals surface area contributed by atoms with Gasteiger partial charge in [-0.2, -0.15) is 0 Å². The van der Waals surface area contributed by atoms with Crippen LogP contribution in [0.3, 0.4) is 0 Å². The third-order valence-electron chi connectivity index (χ3n) is 4.11. The summed E-state index contributed by atoms with van der Waals surface area (Å²) in [6.45, 7) is 8.53. The molecule has 29 heavy (non-hydrogen) atoms. The van der Waals surface area contributed by atoms with Gasteiger partial charge in [0.05, 0.1) is 18.6 Å². The first-order chi connectivity index (χ1) is 13.4. The minimum Gasteiger partial charge on any atom is -0.480 e. The number of benzene rings is 1. The van der Waals surface area contributed by atoms with Crippen LogP contribution in [0.4, 0.5) is 4.79 Å². The van der Waals surface area contributed by atoms with E-state index in [1.807, 2.05) is 30.3 Å². The molecule has 0 aliphatic heterocycles. The summed E-state index contributed by atoms with van der Waals surface area (Å²) in [5.74, 6) is -2.06. The van der Waals surface area contributed by atoms with Crippen molar-refractivity contribution in [1.82, 2.24) is 10.6 Å². The Morgan fingerprint density at radius 1 is 1.07 bits per heavy atom. The van der Waals surface area contributed by atoms with Crippen molar-refractivity contribution < 1.29 is 29.3 Å². The van der Waals surface area contributed by atoms with Gasteiger partial charge in [-0.3, -0.25) is 4.79 Å². The number of ether oxygens (including phenoxy) is 1. The summed E-state index contributed by atoms with van der Waals surface area (Å²) in [4.78, 5) is 35.7. The van der Waals surface area contributed by atoms with Gasteiger partial charge in [-0.15, -0.1) is 0 Å². The lowest BCUT2D eigenvalue weighted by Gasteiger charge is -2.27. The minimum atomic E-state index is -1.23. The predicted molar refractivity (Wildman–Crippen MR) is 108 cm³/mol. The van der Waals surface area contributed by atoms with Gasteiger partial charge < -0.3 is 25.6 Å². The van der Waals surface area contributed by atoms with E-state index in [-0.39, 0.29) is 18.8 Å². The number of rotatable bonds is 9. The molecule has 0 aromatic heterocycles. The molecule has 0 aliphatic carbocycles. The lowest BCUT2D eigenvalue weighted by Crippen LogP contribution is -2.50. The fourth-order valence-electron chi connectivity index (χ4n) is 2.69. The number of aliphatic carboxylic acids is 1. The second kappa shape index (κ2) is 10.8. The molecule has 0 aliphatic rings. The number of hydrogen-bond donors (Lipinski definition) is 4. The van der Waals surface area contributed by atoms with Crippen LogP contribution in [0.25, 0.3) is 0 Å². The molecule has 1 aromatic rings. The molecule has 0 heterocycles. The zero-order chi connectivity index (χ0) is 22.2. The van der Waals surface area contributed by atoms with Crippen molar-refractivity contribution in [3.63, 3.8) is 0 Å². The molecule has 1 aromatic carbocycles. The number of carbonyl (C=O) groups excluding carboxylic acids is 2. The number of hydrogen-bond acceptors (Lipinski definition) is 5. The maximum Gasteiger partial charge on any atom is 0.407 e. The summed E-state index contributed by atoms with van der Waals surface area (Å²) in [5, 5.41) is 24.8. The van der Waals surface area contributed by atoms with Crippen LogP contribution >= 0.6 is 0 Å². The lowest BCUT2D eigenvalue weighted by atomic mass is 9.98. The number of nitrogens with one attached hydrogen (secondary N) is 2. The van der Waals surface area contributed by atoms with Crippen LogP contribution in [0.5, 0.6) is 0 Å². The van der Waals surface area contributed by atoms with E-state index in [1.165, 1.54) is 0 Å². The molecule has 0 unspecified atom stereocenters. The molecule has 0 fully saturated rings. The van der Waals surface area contributed by atoms with Crippen molar-refractivity contribution in [3.05, 3.63) is 35.9 Å². The van der Waals surface area contributed by atoms with E-state index in [1.54, 1.807) is 34.6 Å².